The normalized spacial score (nSPS) is 16.9. The molecule has 1 heterocycles. The third-order valence-corrected chi connectivity index (χ3v) is 3.75. The van der Waals surface area contributed by atoms with Gasteiger partial charge in [0, 0.05) is 12.6 Å². The molecule has 21 heavy (non-hydrogen) atoms. The number of benzene rings is 1. The Morgan fingerprint density at radius 2 is 1.90 bits per heavy atom. The van der Waals surface area contributed by atoms with Gasteiger partial charge in [0.25, 0.3) is 0 Å². The van der Waals surface area contributed by atoms with Crippen molar-refractivity contribution in [3.63, 3.8) is 0 Å². The molecule has 0 saturated heterocycles. The summed E-state index contributed by atoms with van der Waals surface area (Å²) in [5, 5.41) is 11.2. The van der Waals surface area contributed by atoms with Crippen LogP contribution in [-0.2, 0) is 0 Å². The van der Waals surface area contributed by atoms with Gasteiger partial charge in [-0.25, -0.2) is 0 Å². The lowest BCUT2D eigenvalue weighted by Crippen LogP contribution is -2.11. The highest BCUT2D eigenvalue weighted by Gasteiger charge is 2.16. The minimum Gasteiger partial charge on any atom is -0.490 e. The minimum atomic E-state index is -0.0206. The zero-order valence-corrected chi connectivity index (χ0v) is 12.5. The number of anilines is 1. The third kappa shape index (κ3) is 3.54. The highest BCUT2D eigenvalue weighted by Crippen LogP contribution is 2.26. The molecule has 1 atom stereocenters. The van der Waals surface area contributed by atoms with Crippen molar-refractivity contribution in [2.24, 2.45) is 0 Å². The Kier molecular flexibility index (Phi) is 4.08. The van der Waals surface area contributed by atoms with Crippen LogP contribution in [0.15, 0.2) is 28.7 Å². The summed E-state index contributed by atoms with van der Waals surface area (Å²) in [5.74, 6) is 2.12. The van der Waals surface area contributed by atoms with Crippen molar-refractivity contribution in [1.29, 1.82) is 0 Å². The largest absolute Gasteiger partial charge is 0.490 e. The van der Waals surface area contributed by atoms with E-state index in [4.69, 9.17) is 9.15 Å². The predicted octanol–water partition coefficient (Wildman–Crippen LogP) is 3.87. The summed E-state index contributed by atoms with van der Waals surface area (Å²) >= 11 is 0. The van der Waals surface area contributed by atoms with Gasteiger partial charge in [0.2, 0.25) is 11.8 Å². The quantitative estimate of drug-likeness (QED) is 0.904. The van der Waals surface area contributed by atoms with Gasteiger partial charge in [-0.1, -0.05) is 0 Å². The maximum absolute atomic E-state index is 5.95. The minimum absolute atomic E-state index is 0.0206. The molecule has 0 unspecified atom stereocenters. The fourth-order valence-corrected chi connectivity index (χ4v) is 2.63. The number of ether oxygens (including phenoxy) is 1. The van der Waals surface area contributed by atoms with Gasteiger partial charge in [0.15, 0.2) is 0 Å². The van der Waals surface area contributed by atoms with E-state index >= 15 is 0 Å². The number of nitrogens with one attached hydrogen (secondary N) is 1. The van der Waals surface area contributed by atoms with Crippen LogP contribution in [0.25, 0.3) is 0 Å². The molecule has 1 fully saturated rings. The molecule has 5 nitrogen and oxygen atoms in total. The average molecular weight is 287 g/mol. The Morgan fingerprint density at radius 3 is 2.52 bits per heavy atom. The monoisotopic (exact) mass is 287 g/mol. The summed E-state index contributed by atoms with van der Waals surface area (Å²) in [6.45, 7) is 3.79. The van der Waals surface area contributed by atoms with E-state index in [-0.39, 0.29) is 6.04 Å². The first-order chi connectivity index (χ1) is 10.2. The summed E-state index contributed by atoms with van der Waals surface area (Å²) in [6.07, 6.45) is 5.31. The van der Waals surface area contributed by atoms with Crippen molar-refractivity contribution < 1.29 is 9.15 Å². The molecule has 1 aliphatic carbocycles. The number of hydrogen-bond acceptors (Lipinski definition) is 5. The van der Waals surface area contributed by atoms with Gasteiger partial charge in [-0.05, 0) is 56.9 Å². The van der Waals surface area contributed by atoms with Crippen molar-refractivity contribution in [3.8, 4) is 5.75 Å². The topological polar surface area (TPSA) is 60.2 Å². The van der Waals surface area contributed by atoms with Crippen LogP contribution in [0, 0.1) is 6.92 Å². The predicted molar refractivity (Wildman–Crippen MR) is 80.4 cm³/mol. The third-order valence-electron chi connectivity index (χ3n) is 3.75. The van der Waals surface area contributed by atoms with Crippen LogP contribution in [0.5, 0.6) is 5.75 Å². The van der Waals surface area contributed by atoms with Crippen LogP contribution in [-0.4, -0.2) is 16.3 Å². The van der Waals surface area contributed by atoms with Crippen molar-refractivity contribution >= 4 is 5.69 Å². The Labute approximate surface area is 124 Å². The molecule has 1 aromatic heterocycles. The van der Waals surface area contributed by atoms with Gasteiger partial charge in [0.05, 0.1) is 6.10 Å². The van der Waals surface area contributed by atoms with Crippen LogP contribution in [0.3, 0.4) is 0 Å². The number of hydrogen-bond donors (Lipinski definition) is 1. The molecule has 1 N–H and O–H groups in total. The van der Waals surface area contributed by atoms with Crippen molar-refractivity contribution in [1.82, 2.24) is 10.2 Å². The molecule has 0 radical (unpaired) electrons. The van der Waals surface area contributed by atoms with Gasteiger partial charge in [-0.15, -0.1) is 10.2 Å². The molecule has 5 heteroatoms. The fourth-order valence-electron chi connectivity index (χ4n) is 2.63. The molecule has 0 aliphatic heterocycles. The van der Waals surface area contributed by atoms with E-state index in [1.165, 1.54) is 25.7 Å². The smallest absolute Gasteiger partial charge is 0.238 e. The first kappa shape index (κ1) is 13.9. The number of aromatic nitrogens is 2. The van der Waals surface area contributed by atoms with E-state index in [9.17, 15) is 0 Å². The molecule has 1 aliphatic rings. The summed E-state index contributed by atoms with van der Waals surface area (Å²) in [7, 11) is 0. The maximum Gasteiger partial charge on any atom is 0.238 e. The zero-order valence-electron chi connectivity index (χ0n) is 12.5. The van der Waals surface area contributed by atoms with E-state index < -0.39 is 0 Å². The van der Waals surface area contributed by atoms with Crippen molar-refractivity contribution in [2.75, 3.05) is 5.32 Å². The van der Waals surface area contributed by atoms with E-state index in [0.717, 1.165) is 11.4 Å². The van der Waals surface area contributed by atoms with Gasteiger partial charge in [0.1, 0.15) is 11.8 Å². The van der Waals surface area contributed by atoms with Crippen LogP contribution >= 0.6 is 0 Å². The highest BCUT2D eigenvalue weighted by molar-refractivity contribution is 5.47. The molecule has 0 bridgehead atoms. The second kappa shape index (κ2) is 6.16. The lowest BCUT2D eigenvalue weighted by Gasteiger charge is -2.15. The summed E-state index contributed by atoms with van der Waals surface area (Å²) in [6, 6.07) is 8.03. The molecule has 1 aromatic carbocycles. The highest BCUT2D eigenvalue weighted by atomic mass is 16.5. The standard InChI is InChI=1S/C16H21N3O2/c1-11(16-19-18-12(2)20-16)17-13-7-9-15(10-8-13)21-14-5-3-4-6-14/h7-11,14,17H,3-6H2,1-2H3/t11-/m0/s1. The van der Waals surface area contributed by atoms with Crippen LogP contribution in [0.4, 0.5) is 5.69 Å². The van der Waals surface area contributed by atoms with Gasteiger partial charge in [-0.2, -0.15) is 0 Å². The van der Waals surface area contributed by atoms with Crippen LogP contribution < -0.4 is 10.1 Å². The van der Waals surface area contributed by atoms with Crippen molar-refractivity contribution in [2.45, 2.75) is 51.7 Å². The molecule has 2 aromatic rings. The Bertz CT molecular complexity index is 573. The Morgan fingerprint density at radius 1 is 1.19 bits per heavy atom. The molecule has 112 valence electrons. The summed E-state index contributed by atoms with van der Waals surface area (Å²) in [5.41, 5.74) is 1.01. The SMILES string of the molecule is Cc1nnc([C@H](C)Nc2ccc(OC3CCCC3)cc2)o1. The number of rotatable bonds is 5. The summed E-state index contributed by atoms with van der Waals surface area (Å²) in [4.78, 5) is 0. The molecule has 0 amide bonds. The van der Waals surface area contributed by atoms with E-state index in [0.29, 0.717) is 17.9 Å². The van der Waals surface area contributed by atoms with Gasteiger partial charge < -0.3 is 14.5 Å². The van der Waals surface area contributed by atoms with Crippen LogP contribution in [0.1, 0.15) is 50.4 Å². The molecule has 1 saturated carbocycles. The maximum atomic E-state index is 5.95. The van der Waals surface area contributed by atoms with E-state index in [2.05, 4.69) is 15.5 Å². The van der Waals surface area contributed by atoms with Crippen LogP contribution in [0.2, 0.25) is 0 Å². The lowest BCUT2D eigenvalue weighted by molar-refractivity contribution is 0.210. The zero-order chi connectivity index (χ0) is 14.7. The van der Waals surface area contributed by atoms with E-state index in [1.54, 1.807) is 6.92 Å². The lowest BCUT2D eigenvalue weighted by atomic mass is 10.2. The molecule has 0 spiro atoms. The second-order valence-electron chi connectivity index (χ2n) is 5.57. The first-order valence-corrected chi connectivity index (χ1v) is 7.54. The molecular weight excluding hydrogens is 266 g/mol. The number of aryl methyl sites for hydroxylation is 1. The second-order valence-corrected chi connectivity index (χ2v) is 5.57. The Balaban J connectivity index is 1.58. The molecular formula is C16H21N3O2. The fraction of sp³-hybridized carbons (Fsp3) is 0.500. The molecule has 3 rings (SSSR count). The summed E-state index contributed by atoms with van der Waals surface area (Å²) < 4.78 is 11.4. The average Bonchev–Trinajstić information content (AvgIpc) is 3.12. The van der Waals surface area contributed by atoms with Gasteiger partial charge in [-0.3, -0.25) is 0 Å². The van der Waals surface area contributed by atoms with E-state index in [1.807, 2.05) is 31.2 Å². The number of nitrogens with zero attached hydrogens (tertiary/aromatic N) is 2. The Hall–Kier alpha value is -2.04. The van der Waals surface area contributed by atoms with Crippen molar-refractivity contribution in [3.05, 3.63) is 36.0 Å². The first-order valence-electron chi connectivity index (χ1n) is 7.54. The van der Waals surface area contributed by atoms with Gasteiger partial charge >= 0.3 is 0 Å².